The van der Waals surface area contributed by atoms with Crippen LogP contribution in [-0.4, -0.2) is 33.2 Å². The molecule has 0 saturated heterocycles. The Balaban J connectivity index is 4.31. The van der Waals surface area contributed by atoms with Gasteiger partial charge in [-0.3, -0.25) is 0 Å². The van der Waals surface area contributed by atoms with Crippen LogP contribution in [0.25, 0.3) is 0 Å². The molecule has 0 fully saturated rings. The van der Waals surface area contributed by atoms with E-state index in [2.05, 4.69) is 47.0 Å². The Labute approximate surface area is 132 Å². The number of hydrogen-bond acceptors (Lipinski definition) is 2. The molecule has 0 heterocycles. The topological polar surface area (TPSA) is 18.5 Å². The fraction of sp³-hybridized carbons (Fsp3) is 1.00. The molecule has 5 heteroatoms. The lowest BCUT2D eigenvalue weighted by Gasteiger charge is -2.34. The molecule has 2 nitrogen and oxygen atoms in total. The summed E-state index contributed by atoms with van der Waals surface area (Å²) in [6.07, 6.45) is 8.63. The molecule has 0 aliphatic carbocycles. The zero-order valence-corrected chi connectivity index (χ0v) is 18.6. The molecular weight excluding hydrogens is 296 g/mol. The highest BCUT2D eigenvalue weighted by Gasteiger charge is 2.34. The highest BCUT2D eigenvalue weighted by atomic mass is 28.4. The largest absolute Gasteiger partial charge is 0.458 e. The van der Waals surface area contributed by atoms with E-state index in [1.54, 1.807) is 0 Å². The van der Waals surface area contributed by atoms with Crippen molar-refractivity contribution in [3.8, 4) is 0 Å². The Bertz CT molecular complexity index is 233. The first-order valence-electron chi connectivity index (χ1n) is 8.59. The minimum Gasteiger partial charge on any atom is -0.458 e. The van der Waals surface area contributed by atoms with Gasteiger partial charge in [0.15, 0.2) is 27.1 Å². The second kappa shape index (κ2) is 11.2. The predicted molar refractivity (Wildman–Crippen MR) is 99.3 cm³/mol. The lowest BCUT2D eigenvalue weighted by atomic mass is 10.1. The quantitative estimate of drug-likeness (QED) is 0.389. The molecule has 1 unspecified atom stereocenters. The molecule has 1 atom stereocenters. The van der Waals surface area contributed by atoms with Gasteiger partial charge in [0.25, 0.3) is 0 Å². The molecule has 0 radical (unpaired) electrons. The van der Waals surface area contributed by atoms with Gasteiger partial charge in [0.1, 0.15) is 0 Å². The van der Waals surface area contributed by atoms with Crippen LogP contribution in [0.15, 0.2) is 0 Å². The van der Waals surface area contributed by atoms with Crippen LogP contribution in [0.1, 0.15) is 59.3 Å². The molecule has 0 bridgehead atoms. The molecule has 0 aromatic carbocycles. The van der Waals surface area contributed by atoms with Gasteiger partial charge in [0.2, 0.25) is 0 Å². The summed E-state index contributed by atoms with van der Waals surface area (Å²) >= 11 is 0. The standard InChI is InChI=1S/C15H38O2Si3/c1-8-9-10-11-12-13-15(18-16-14(2)3)20(6,7)17-19(4)5/h14-15,19H,8-13,18H2,1-7H3. The van der Waals surface area contributed by atoms with Crippen LogP contribution >= 0.6 is 0 Å². The van der Waals surface area contributed by atoms with Crippen LogP contribution in [0.2, 0.25) is 31.4 Å². The number of rotatable bonds is 12. The zero-order chi connectivity index (χ0) is 15.6. The van der Waals surface area contributed by atoms with E-state index in [1.165, 1.54) is 38.5 Å². The van der Waals surface area contributed by atoms with E-state index in [0.717, 1.165) is 5.16 Å². The second-order valence-electron chi connectivity index (χ2n) is 7.05. The van der Waals surface area contributed by atoms with Gasteiger partial charge in [-0.1, -0.05) is 45.4 Å². The minimum absolute atomic E-state index is 0.394. The SMILES string of the molecule is CCCCCCCC([SiH2]OC(C)C)[Si](C)(C)O[SiH](C)C. The summed E-state index contributed by atoms with van der Waals surface area (Å²) in [6.45, 7) is 16.1. The summed E-state index contributed by atoms with van der Waals surface area (Å²) in [7, 11) is -2.91. The lowest BCUT2D eigenvalue weighted by Crippen LogP contribution is -2.43. The zero-order valence-electron chi connectivity index (χ0n) is 15.0. The van der Waals surface area contributed by atoms with Crippen LogP contribution < -0.4 is 0 Å². The van der Waals surface area contributed by atoms with Crippen LogP contribution in [0.3, 0.4) is 0 Å². The molecule has 0 N–H and O–H groups in total. The van der Waals surface area contributed by atoms with E-state index in [1.807, 2.05) is 0 Å². The minimum atomic E-state index is -1.53. The van der Waals surface area contributed by atoms with Crippen molar-refractivity contribution in [3.63, 3.8) is 0 Å². The highest BCUT2D eigenvalue weighted by Crippen LogP contribution is 2.29. The van der Waals surface area contributed by atoms with Gasteiger partial charge in [0, 0.05) is 6.10 Å². The molecule has 0 aliphatic rings. The van der Waals surface area contributed by atoms with Gasteiger partial charge in [-0.2, -0.15) is 0 Å². The smallest absolute Gasteiger partial charge is 0.175 e. The van der Waals surface area contributed by atoms with Crippen molar-refractivity contribution in [3.05, 3.63) is 0 Å². The van der Waals surface area contributed by atoms with Crippen molar-refractivity contribution in [1.82, 2.24) is 0 Å². The number of hydrogen-bond donors (Lipinski definition) is 0. The summed E-state index contributed by atoms with van der Waals surface area (Å²) in [6, 6.07) is 0. The average molecular weight is 335 g/mol. The van der Waals surface area contributed by atoms with Crippen molar-refractivity contribution in [2.75, 3.05) is 0 Å². The maximum absolute atomic E-state index is 6.44. The van der Waals surface area contributed by atoms with Crippen LogP contribution in [-0.2, 0) is 8.54 Å². The van der Waals surface area contributed by atoms with Gasteiger partial charge in [-0.05, 0) is 45.2 Å². The highest BCUT2D eigenvalue weighted by molar-refractivity contribution is 6.84. The molecule has 0 aromatic rings. The summed E-state index contributed by atoms with van der Waals surface area (Å²) in [5.41, 5.74) is 0. The normalized spacial score (nSPS) is 14.8. The van der Waals surface area contributed by atoms with Crippen LogP contribution in [0.5, 0.6) is 0 Å². The van der Waals surface area contributed by atoms with Crippen molar-refractivity contribution in [2.45, 2.75) is 96.8 Å². The maximum Gasteiger partial charge on any atom is 0.175 e. The molecule has 0 aromatic heterocycles. The van der Waals surface area contributed by atoms with Gasteiger partial charge in [0.05, 0.1) is 0 Å². The Morgan fingerprint density at radius 1 is 1.05 bits per heavy atom. The van der Waals surface area contributed by atoms with E-state index in [0.29, 0.717) is 6.10 Å². The Kier molecular flexibility index (Phi) is 11.5. The van der Waals surface area contributed by atoms with Crippen molar-refractivity contribution in [1.29, 1.82) is 0 Å². The first-order valence-corrected chi connectivity index (χ1v) is 15.7. The maximum atomic E-state index is 6.44. The van der Waals surface area contributed by atoms with Crippen LogP contribution in [0, 0.1) is 0 Å². The van der Waals surface area contributed by atoms with E-state index >= 15 is 0 Å². The molecule has 0 amide bonds. The van der Waals surface area contributed by atoms with Gasteiger partial charge in [-0.15, -0.1) is 0 Å². The Morgan fingerprint density at radius 2 is 1.65 bits per heavy atom. The molecule has 0 spiro atoms. The van der Waals surface area contributed by atoms with E-state index in [4.69, 9.17) is 8.54 Å². The summed E-state index contributed by atoms with van der Waals surface area (Å²) in [4.78, 5) is 0. The van der Waals surface area contributed by atoms with E-state index in [-0.39, 0.29) is 0 Å². The first-order chi connectivity index (χ1) is 9.29. The lowest BCUT2D eigenvalue weighted by molar-refractivity contribution is 0.252. The third-order valence-corrected chi connectivity index (χ3v) is 15.5. The number of unbranched alkanes of at least 4 members (excludes halogenated alkanes) is 4. The Morgan fingerprint density at radius 3 is 2.15 bits per heavy atom. The Hall–Kier alpha value is 0.571. The van der Waals surface area contributed by atoms with Gasteiger partial charge < -0.3 is 8.54 Å². The molecule has 0 saturated carbocycles. The van der Waals surface area contributed by atoms with E-state index < -0.39 is 27.1 Å². The second-order valence-corrected chi connectivity index (χ2v) is 16.6. The third kappa shape index (κ3) is 10.3. The van der Waals surface area contributed by atoms with Crippen LogP contribution in [0.4, 0.5) is 0 Å². The molecule has 0 aliphatic heterocycles. The summed E-state index contributed by atoms with van der Waals surface area (Å²) in [5.74, 6) is 0. The van der Waals surface area contributed by atoms with Gasteiger partial charge >= 0.3 is 0 Å². The first kappa shape index (κ1) is 20.6. The summed E-state index contributed by atoms with van der Waals surface area (Å²) < 4.78 is 12.5. The van der Waals surface area contributed by atoms with Crippen molar-refractivity contribution >= 4 is 27.1 Å². The molecule has 20 heavy (non-hydrogen) atoms. The van der Waals surface area contributed by atoms with Gasteiger partial charge in [-0.25, -0.2) is 0 Å². The average Bonchev–Trinajstić information content (AvgIpc) is 2.30. The summed E-state index contributed by atoms with van der Waals surface area (Å²) in [5, 5.41) is 0.793. The monoisotopic (exact) mass is 334 g/mol. The molecule has 0 rings (SSSR count). The van der Waals surface area contributed by atoms with Crippen molar-refractivity contribution < 1.29 is 8.54 Å². The predicted octanol–water partition coefficient (Wildman–Crippen LogP) is 4.39. The molecule has 122 valence electrons. The fourth-order valence-corrected chi connectivity index (χ4v) is 13.0. The molecular formula is C15H38O2Si3. The third-order valence-electron chi connectivity index (χ3n) is 3.81. The van der Waals surface area contributed by atoms with Crippen molar-refractivity contribution in [2.24, 2.45) is 0 Å². The fourth-order valence-electron chi connectivity index (χ4n) is 2.64. The van der Waals surface area contributed by atoms with E-state index in [9.17, 15) is 0 Å².